The van der Waals surface area contributed by atoms with Gasteiger partial charge in [0, 0.05) is 17.5 Å². The van der Waals surface area contributed by atoms with Gasteiger partial charge in [-0.25, -0.2) is 13.1 Å². The molecule has 25 heavy (non-hydrogen) atoms. The van der Waals surface area contributed by atoms with E-state index in [0.717, 1.165) is 11.3 Å². The molecule has 10 heteroatoms. The number of benzene rings is 1. The van der Waals surface area contributed by atoms with Gasteiger partial charge in [0.2, 0.25) is 15.4 Å². The van der Waals surface area contributed by atoms with Crippen LogP contribution in [0.4, 0.5) is 5.13 Å². The molecule has 8 nitrogen and oxygen atoms in total. The molecular formula is C15H20N4O4S2. The number of hydrogen-bond acceptors (Lipinski definition) is 7. The summed E-state index contributed by atoms with van der Waals surface area (Å²) < 4.78 is 32.6. The zero-order valence-corrected chi connectivity index (χ0v) is 15.9. The van der Waals surface area contributed by atoms with Crippen LogP contribution in [-0.4, -0.2) is 31.6 Å². The van der Waals surface area contributed by atoms with Gasteiger partial charge in [-0.2, -0.15) is 0 Å². The van der Waals surface area contributed by atoms with Gasteiger partial charge in [0.05, 0.1) is 7.11 Å². The number of nitrogens with one attached hydrogen (secondary N) is 2. The minimum atomic E-state index is -3.88. The molecule has 0 aliphatic heterocycles. The Morgan fingerprint density at radius 1 is 1.20 bits per heavy atom. The topological polar surface area (TPSA) is 110 Å². The third-order valence-corrected chi connectivity index (χ3v) is 6.08. The van der Waals surface area contributed by atoms with Crippen LogP contribution >= 0.6 is 11.3 Å². The molecule has 1 atom stereocenters. The highest BCUT2D eigenvalue weighted by Crippen LogP contribution is 2.27. The first kappa shape index (κ1) is 19.3. The molecule has 2 rings (SSSR count). The van der Waals surface area contributed by atoms with Crippen molar-refractivity contribution in [1.29, 1.82) is 0 Å². The summed E-state index contributed by atoms with van der Waals surface area (Å²) in [5, 5.41) is 10.0. The lowest BCUT2D eigenvalue weighted by Crippen LogP contribution is -2.27. The molecule has 1 aromatic heterocycles. The van der Waals surface area contributed by atoms with Crippen LogP contribution < -0.4 is 14.8 Å². The number of rotatable bonds is 7. The van der Waals surface area contributed by atoms with Gasteiger partial charge in [-0.3, -0.25) is 4.79 Å². The quantitative estimate of drug-likeness (QED) is 0.708. The minimum Gasteiger partial charge on any atom is -0.496 e. The predicted octanol–water partition coefficient (Wildman–Crippen LogP) is 2.18. The Hall–Kier alpha value is -2.04. The summed E-state index contributed by atoms with van der Waals surface area (Å²) in [5.41, 5.74) is 0.700. The maximum atomic E-state index is 12.5. The predicted molar refractivity (Wildman–Crippen MR) is 95.1 cm³/mol. The fraction of sp³-hybridized carbons (Fsp3) is 0.400. The number of amides is 1. The Kier molecular flexibility index (Phi) is 6.09. The highest BCUT2D eigenvalue weighted by molar-refractivity contribution is 7.91. The van der Waals surface area contributed by atoms with Crippen molar-refractivity contribution in [2.24, 2.45) is 5.92 Å². The highest BCUT2D eigenvalue weighted by atomic mass is 32.2. The lowest BCUT2D eigenvalue weighted by molar-refractivity contribution is -0.118. The maximum absolute atomic E-state index is 12.5. The molecular weight excluding hydrogens is 364 g/mol. The number of hydrogen-bond donors (Lipinski definition) is 2. The van der Waals surface area contributed by atoms with E-state index in [0.29, 0.717) is 11.3 Å². The van der Waals surface area contributed by atoms with Crippen molar-refractivity contribution < 1.29 is 17.9 Å². The number of nitrogens with zero attached hydrogens (tertiary/aromatic N) is 2. The molecule has 2 aromatic rings. The molecule has 1 unspecified atom stereocenters. The molecule has 2 N–H and O–H groups in total. The Morgan fingerprint density at radius 3 is 2.52 bits per heavy atom. The number of aromatic nitrogens is 2. The molecule has 0 aliphatic carbocycles. The maximum Gasteiger partial charge on any atom is 0.270 e. The molecule has 0 saturated heterocycles. The summed E-state index contributed by atoms with van der Waals surface area (Å²) in [7, 11) is -2.36. The zero-order valence-electron chi connectivity index (χ0n) is 14.3. The molecule has 1 amide bonds. The average Bonchev–Trinajstić information content (AvgIpc) is 3.03. The van der Waals surface area contributed by atoms with Crippen LogP contribution in [0.25, 0.3) is 0 Å². The number of methoxy groups -OCH3 is 1. The molecule has 136 valence electrons. The van der Waals surface area contributed by atoms with Crippen LogP contribution in [0.15, 0.2) is 28.6 Å². The van der Waals surface area contributed by atoms with E-state index in [9.17, 15) is 13.2 Å². The largest absolute Gasteiger partial charge is 0.496 e. The van der Waals surface area contributed by atoms with E-state index < -0.39 is 16.1 Å². The van der Waals surface area contributed by atoms with Crippen LogP contribution in [0.2, 0.25) is 0 Å². The molecule has 0 spiro atoms. The van der Waals surface area contributed by atoms with E-state index in [4.69, 9.17) is 4.74 Å². The second kappa shape index (κ2) is 7.89. The van der Waals surface area contributed by atoms with E-state index in [-0.39, 0.29) is 21.3 Å². The van der Waals surface area contributed by atoms with Gasteiger partial charge in [0.1, 0.15) is 5.75 Å². The van der Waals surface area contributed by atoms with Crippen LogP contribution in [-0.2, 0) is 14.8 Å². The van der Waals surface area contributed by atoms with Crippen molar-refractivity contribution in [3.05, 3.63) is 29.8 Å². The smallest absolute Gasteiger partial charge is 0.270 e. The average molecular weight is 384 g/mol. The van der Waals surface area contributed by atoms with Crippen molar-refractivity contribution in [3.8, 4) is 5.75 Å². The molecule has 0 radical (unpaired) electrons. The molecule has 0 bridgehead atoms. The third-order valence-electron chi connectivity index (χ3n) is 3.33. The summed E-state index contributed by atoms with van der Waals surface area (Å²) in [6.45, 7) is 5.16. The van der Waals surface area contributed by atoms with E-state index in [1.807, 2.05) is 0 Å². The fourth-order valence-corrected chi connectivity index (χ4v) is 4.13. The second-order valence-corrected chi connectivity index (χ2v) is 8.47. The SMILES string of the molecule is COc1ccccc1C(C)NS(=O)(=O)c1nnc(NC(=O)C(C)C)s1. The van der Waals surface area contributed by atoms with Gasteiger partial charge >= 0.3 is 0 Å². The number of para-hydroxylation sites is 1. The van der Waals surface area contributed by atoms with E-state index in [2.05, 4.69) is 20.2 Å². The number of sulfonamides is 1. The van der Waals surface area contributed by atoms with Gasteiger partial charge in [-0.15, -0.1) is 10.2 Å². The Labute approximate surface area is 150 Å². The molecule has 1 heterocycles. The number of ether oxygens (including phenoxy) is 1. The van der Waals surface area contributed by atoms with Crippen LogP contribution in [0, 0.1) is 5.92 Å². The summed E-state index contributed by atoms with van der Waals surface area (Å²) in [5.74, 6) is 0.0861. The molecule has 0 fully saturated rings. The standard InChI is InChI=1S/C15H20N4O4S2/c1-9(2)13(20)16-14-17-18-15(24-14)25(21,22)19-10(3)11-7-5-6-8-12(11)23-4/h5-10,19H,1-4H3,(H,16,17,20). The summed E-state index contributed by atoms with van der Waals surface area (Å²) in [4.78, 5) is 11.7. The lowest BCUT2D eigenvalue weighted by Gasteiger charge is -2.16. The van der Waals surface area contributed by atoms with Crippen molar-refractivity contribution in [2.45, 2.75) is 31.2 Å². The second-order valence-electron chi connectivity index (χ2n) is 5.60. The first-order valence-corrected chi connectivity index (χ1v) is 9.84. The minimum absolute atomic E-state index is 0.143. The van der Waals surface area contributed by atoms with Crippen molar-refractivity contribution in [1.82, 2.24) is 14.9 Å². The summed E-state index contributed by atoms with van der Waals surface area (Å²) in [6, 6.07) is 6.61. The van der Waals surface area contributed by atoms with Gasteiger partial charge in [-0.05, 0) is 13.0 Å². The van der Waals surface area contributed by atoms with Gasteiger partial charge in [0.15, 0.2) is 0 Å². The van der Waals surface area contributed by atoms with Gasteiger partial charge in [-0.1, -0.05) is 43.4 Å². The molecule has 0 aliphatic rings. The van der Waals surface area contributed by atoms with E-state index in [1.54, 1.807) is 45.0 Å². The zero-order chi connectivity index (χ0) is 18.6. The van der Waals surface area contributed by atoms with Crippen LogP contribution in [0.1, 0.15) is 32.4 Å². The van der Waals surface area contributed by atoms with E-state index in [1.165, 1.54) is 7.11 Å². The van der Waals surface area contributed by atoms with Gasteiger partial charge < -0.3 is 10.1 Å². The monoisotopic (exact) mass is 384 g/mol. The summed E-state index contributed by atoms with van der Waals surface area (Å²) in [6.07, 6.45) is 0. The Morgan fingerprint density at radius 2 is 1.88 bits per heavy atom. The summed E-state index contributed by atoms with van der Waals surface area (Å²) >= 11 is 0.797. The fourth-order valence-electron chi connectivity index (χ4n) is 1.99. The number of anilines is 1. The third kappa shape index (κ3) is 4.74. The van der Waals surface area contributed by atoms with Crippen molar-refractivity contribution in [3.63, 3.8) is 0 Å². The van der Waals surface area contributed by atoms with Crippen molar-refractivity contribution >= 4 is 32.4 Å². The van der Waals surface area contributed by atoms with Crippen LogP contribution in [0.5, 0.6) is 5.75 Å². The van der Waals surface area contributed by atoms with Crippen LogP contribution in [0.3, 0.4) is 0 Å². The normalized spacial score (nSPS) is 12.8. The lowest BCUT2D eigenvalue weighted by atomic mass is 10.1. The molecule has 0 saturated carbocycles. The Bertz CT molecular complexity index is 849. The molecule has 1 aromatic carbocycles. The first-order valence-electron chi connectivity index (χ1n) is 7.54. The van der Waals surface area contributed by atoms with Crippen molar-refractivity contribution in [2.75, 3.05) is 12.4 Å². The van der Waals surface area contributed by atoms with Gasteiger partial charge in [0.25, 0.3) is 10.0 Å². The highest BCUT2D eigenvalue weighted by Gasteiger charge is 2.25. The number of carbonyl (C=O) groups is 1. The first-order chi connectivity index (χ1) is 11.7. The van der Waals surface area contributed by atoms with E-state index >= 15 is 0 Å². The number of carbonyl (C=O) groups excluding carboxylic acids is 1. The Balaban J connectivity index is 2.16.